The Morgan fingerprint density at radius 2 is 1.83 bits per heavy atom. The molecule has 0 aliphatic rings. The van der Waals surface area contributed by atoms with Gasteiger partial charge in [-0.05, 0) is 35.9 Å². The van der Waals surface area contributed by atoms with E-state index >= 15 is 0 Å². The number of rotatable bonds is 5. The molecule has 2 rings (SSSR count). The lowest BCUT2D eigenvalue weighted by Crippen LogP contribution is -2.28. The minimum absolute atomic E-state index is 0.202. The fourth-order valence-corrected chi connectivity index (χ4v) is 1.98. The molecule has 23 heavy (non-hydrogen) atoms. The molecule has 0 aromatic heterocycles. The van der Waals surface area contributed by atoms with E-state index in [2.05, 4.69) is 16.0 Å². The Bertz CT molecular complexity index is 684. The molecular weight excluding hydrogens is 294 g/mol. The second kappa shape index (κ2) is 7.84. The Morgan fingerprint density at radius 3 is 2.48 bits per heavy atom. The molecular formula is C17H19N3O3. The topological polar surface area (TPSA) is 79.5 Å². The van der Waals surface area contributed by atoms with Gasteiger partial charge in [0.15, 0.2) is 0 Å². The summed E-state index contributed by atoms with van der Waals surface area (Å²) in [5, 5.41) is 8.00. The first-order valence-electron chi connectivity index (χ1n) is 7.12. The molecule has 2 aromatic rings. The molecule has 120 valence electrons. The van der Waals surface area contributed by atoms with Crippen LogP contribution >= 0.6 is 0 Å². The van der Waals surface area contributed by atoms with Crippen LogP contribution in [0.3, 0.4) is 0 Å². The summed E-state index contributed by atoms with van der Waals surface area (Å²) in [5.41, 5.74) is 2.00. The number of methoxy groups -OCH3 is 1. The average Bonchev–Trinajstić information content (AvgIpc) is 2.60. The number of carbonyl (C=O) groups excluding carboxylic acids is 2. The van der Waals surface area contributed by atoms with E-state index < -0.39 is 0 Å². The van der Waals surface area contributed by atoms with E-state index in [-0.39, 0.29) is 11.9 Å². The maximum absolute atomic E-state index is 11.9. The fourth-order valence-electron chi connectivity index (χ4n) is 1.98. The number of amides is 3. The van der Waals surface area contributed by atoms with Crippen molar-refractivity contribution in [2.45, 2.75) is 6.54 Å². The van der Waals surface area contributed by atoms with Crippen molar-refractivity contribution in [1.82, 2.24) is 10.6 Å². The molecule has 0 bridgehead atoms. The lowest BCUT2D eigenvalue weighted by Gasteiger charge is -2.09. The summed E-state index contributed by atoms with van der Waals surface area (Å²) in [4.78, 5) is 23.5. The molecule has 0 aliphatic carbocycles. The number of carbonyl (C=O) groups is 2. The summed E-state index contributed by atoms with van der Waals surface area (Å²) in [6.07, 6.45) is 0. The highest BCUT2D eigenvalue weighted by Crippen LogP contribution is 2.12. The standard InChI is InChI=1S/C17H19N3O3/c1-18-16(21)13-4-3-5-14(10-13)20-17(22)19-11-12-6-8-15(23-2)9-7-12/h3-10H,11H2,1-2H3,(H,18,21)(H2,19,20,22). The van der Waals surface area contributed by atoms with Crippen LogP contribution in [0.5, 0.6) is 5.75 Å². The van der Waals surface area contributed by atoms with Gasteiger partial charge in [-0.25, -0.2) is 4.79 Å². The molecule has 0 heterocycles. The van der Waals surface area contributed by atoms with E-state index in [1.807, 2.05) is 24.3 Å². The van der Waals surface area contributed by atoms with Gasteiger partial charge in [0.25, 0.3) is 5.91 Å². The molecule has 0 atom stereocenters. The Labute approximate surface area is 134 Å². The molecule has 3 amide bonds. The van der Waals surface area contributed by atoms with Gasteiger partial charge in [0, 0.05) is 24.8 Å². The predicted molar refractivity (Wildman–Crippen MR) is 88.7 cm³/mol. The normalized spacial score (nSPS) is 9.83. The second-order valence-corrected chi connectivity index (χ2v) is 4.82. The van der Waals surface area contributed by atoms with E-state index in [1.54, 1.807) is 38.4 Å². The van der Waals surface area contributed by atoms with Crippen LogP contribution in [-0.2, 0) is 6.54 Å². The first-order chi connectivity index (χ1) is 11.1. The zero-order chi connectivity index (χ0) is 16.7. The van der Waals surface area contributed by atoms with Gasteiger partial charge in [-0.3, -0.25) is 4.79 Å². The van der Waals surface area contributed by atoms with Gasteiger partial charge in [0.05, 0.1) is 7.11 Å². The molecule has 6 nitrogen and oxygen atoms in total. The number of urea groups is 1. The Morgan fingerprint density at radius 1 is 1.09 bits per heavy atom. The van der Waals surface area contributed by atoms with Crippen LogP contribution in [0.15, 0.2) is 48.5 Å². The van der Waals surface area contributed by atoms with Gasteiger partial charge in [-0.2, -0.15) is 0 Å². The largest absolute Gasteiger partial charge is 0.497 e. The van der Waals surface area contributed by atoms with Crippen molar-refractivity contribution < 1.29 is 14.3 Å². The molecule has 0 fully saturated rings. The van der Waals surface area contributed by atoms with Crippen LogP contribution in [-0.4, -0.2) is 26.1 Å². The summed E-state index contributed by atoms with van der Waals surface area (Å²) in [6.45, 7) is 0.394. The SMILES string of the molecule is CNC(=O)c1cccc(NC(=O)NCc2ccc(OC)cc2)c1. The van der Waals surface area contributed by atoms with Crippen LogP contribution in [0.1, 0.15) is 15.9 Å². The van der Waals surface area contributed by atoms with Crippen LogP contribution in [0.2, 0.25) is 0 Å². The minimum atomic E-state index is -0.338. The molecule has 3 N–H and O–H groups in total. The molecule has 0 radical (unpaired) electrons. The monoisotopic (exact) mass is 313 g/mol. The molecule has 2 aromatic carbocycles. The molecule has 0 spiro atoms. The first kappa shape index (κ1) is 16.4. The van der Waals surface area contributed by atoms with E-state index in [4.69, 9.17) is 4.74 Å². The summed E-state index contributed by atoms with van der Waals surface area (Å²) in [6, 6.07) is 13.8. The van der Waals surface area contributed by atoms with Crippen molar-refractivity contribution in [2.75, 3.05) is 19.5 Å². The van der Waals surface area contributed by atoms with Gasteiger partial charge < -0.3 is 20.7 Å². The Balaban J connectivity index is 1.90. The third kappa shape index (κ3) is 4.74. The third-order valence-electron chi connectivity index (χ3n) is 3.22. The number of ether oxygens (including phenoxy) is 1. The van der Waals surface area contributed by atoms with E-state index in [1.165, 1.54) is 0 Å². The number of benzene rings is 2. The summed E-state index contributed by atoms with van der Waals surface area (Å²) >= 11 is 0. The number of anilines is 1. The van der Waals surface area contributed by atoms with Crippen molar-refractivity contribution in [3.8, 4) is 5.75 Å². The maximum atomic E-state index is 11.9. The third-order valence-corrected chi connectivity index (χ3v) is 3.22. The molecule has 0 saturated carbocycles. The predicted octanol–water partition coefficient (Wildman–Crippen LogP) is 2.38. The molecule has 0 unspecified atom stereocenters. The first-order valence-corrected chi connectivity index (χ1v) is 7.12. The van der Waals surface area contributed by atoms with Gasteiger partial charge >= 0.3 is 6.03 Å². The Hall–Kier alpha value is -3.02. The van der Waals surface area contributed by atoms with Crippen LogP contribution in [0.25, 0.3) is 0 Å². The highest BCUT2D eigenvalue weighted by Gasteiger charge is 2.06. The zero-order valence-corrected chi connectivity index (χ0v) is 13.1. The highest BCUT2D eigenvalue weighted by molar-refractivity contribution is 5.96. The lowest BCUT2D eigenvalue weighted by atomic mass is 10.2. The van der Waals surface area contributed by atoms with Crippen molar-refractivity contribution in [3.05, 3.63) is 59.7 Å². The smallest absolute Gasteiger partial charge is 0.319 e. The van der Waals surface area contributed by atoms with Crippen LogP contribution < -0.4 is 20.7 Å². The average molecular weight is 313 g/mol. The number of hydrogen-bond acceptors (Lipinski definition) is 3. The summed E-state index contributed by atoms with van der Waals surface area (Å²) < 4.78 is 5.08. The molecule has 6 heteroatoms. The van der Waals surface area contributed by atoms with Crippen molar-refractivity contribution in [3.63, 3.8) is 0 Å². The van der Waals surface area contributed by atoms with Gasteiger partial charge in [0.1, 0.15) is 5.75 Å². The van der Waals surface area contributed by atoms with Gasteiger partial charge in [-0.1, -0.05) is 18.2 Å². The van der Waals surface area contributed by atoms with Crippen molar-refractivity contribution in [1.29, 1.82) is 0 Å². The summed E-state index contributed by atoms with van der Waals surface area (Å²) in [5.74, 6) is 0.566. The fraction of sp³-hybridized carbons (Fsp3) is 0.176. The summed E-state index contributed by atoms with van der Waals surface area (Å²) in [7, 11) is 3.16. The second-order valence-electron chi connectivity index (χ2n) is 4.82. The number of hydrogen-bond donors (Lipinski definition) is 3. The van der Waals surface area contributed by atoms with Gasteiger partial charge in [0.2, 0.25) is 0 Å². The van der Waals surface area contributed by atoms with E-state index in [0.717, 1.165) is 11.3 Å². The van der Waals surface area contributed by atoms with Crippen molar-refractivity contribution >= 4 is 17.6 Å². The van der Waals surface area contributed by atoms with Crippen molar-refractivity contribution in [2.24, 2.45) is 0 Å². The van der Waals surface area contributed by atoms with E-state index in [0.29, 0.717) is 17.8 Å². The Kier molecular flexibility index (Phi) is 5.57. The molecule has 0 aliphatic heterocycles. The lowest BCUT2D eigenvalue weighted by molar-refractivity contribution is 0.0963. The minimum Gasteiger partial charge on any atom is -0.497 e. The van der Waals surface area contributed by atoms with Crippen LogP contribution in [0, 0.1) is 0 Å². The quantitative estimate of drug-likeness (QED) is 0.793. The van der Waals surface area contributed by atoms with Crippen LogP contribution in [0.4, 0.5) is 10.5 Å². The maximum Gasteiger partial charge on any atom is 0.319 e. The van der Waals surface area contributed by atoms with Gasteiger partial charge in [-0.15, -0.1) is 0 Å². The number of nitrogens with one attached hydrogen (secondary N) is 3. The zero-order valence-electron chi connectivity index (χ0n) is 13.1. The molecule has 0 saturated heterocycles. The highest BCUT2D eigenvalue weighted by atomic mass is 16.5. The van der Waals surface area contributed by atoms with E-state index in [9.17, 15) is 9.59 Å².